The number of carbonyl (C=O) groups is 2. The molecule has 4 aromatic rings. The topological polar surface area (TPSA) is 86.8 Å². The molecule has 0 aliphatic carbocycles. The average Bonchev–Trinajstić information content (AvgIpc) is 2.99. The van der Waals surface area contributed by atoms with E-state index in [0.29, 0.717) is 16.3 Å². The molecule has 0 saturated carbocycles. The van der Waals surface area contributed by atoms with E-state index in [0.717, 1.165) is 15.4 Å². The number of halogens is 1. The normalized spacial score (nSPS) is 12.3. The number of aryl methyl sites for hydroxylation is 1. The minimum atomic E-state index is -4.15. The van der Waals surface area contributed by atoms with Crippen molar-refractivity contribution in [3.63, 3.8) is 0 Å². The molecule has 230 valence electrons. The van der Waals surface area contributed by atoms with Crippen molar-refractivity contribution < 1.29 is 18.0 Å². The number of sulfonamides is 1. The second kappa shape index (κ2) is 14.1. The Morgan fingerprint density at radius 3 is 1.98 bits per heavy atom. The van der Waals surface area contributed by atoms with Crippen LogP contribution in [0.4, 0.5) is 5.69 Å². The van der Waals surface area contributed by atoms with Gasteiger partial charge in [0, 0.05) is 23.5 Å². The van der Waals surface area contributed by atoms with Crippen LogP contribution >= 0.6 is 11.6 Å². The summed E-state index contributed by atoms with van der Waals surface area (Å²) >= 11 is 6.55. The van der Waals surface area contributed by atoms with Gasteiger partial charge in [0.1, 0.15) is 12.6 Å². The van der Waals surface area contributed by atoms with Crippen LogP contribution in [0.1, 0.15) is 37.5 Å². The van der Waals surface area contributed by atoms with Gasteiger partial charge in [-0.25, -0.2) is 8.42 Å². The van der Waals surface area contributed by atoms with Crippen molar-refractivity contribution >= 4 is 39.1 Å². The van der Waals surface area contributed by atoms with Crippen LogP contribution in [0.15, 0.2) is 114 Å². The molecule has 0 unspecified atom stereocenters. The molecule has 1 atom stereocenters. The van der Waals surface area contributed by atoms with Crippen molar-refractivity contribution in [3.8, 4) is 0 Å². The molecule has 7 nitrogen and oxygen atoms in total. The maximum Gasteiger partial charge on any atom is 0.264 e. The number of hydrogen-bond donors (Lipinski definition) is 1. The molecule has 2 amide bonds. The summed E-state index contributed by atoms with van der Waals surface area (Å²) in [6, 6.07) is 30.5. The minimum Gasteiger partial charge on any atom is -0.350 e. The number of anilines is 1. The first-order chi connectivity index (χ1) is 20.8. The molecular formula is C35H38ClN3O4S. The Labute approximate surface area is 265 Å². The van der Waals surface area contributed by atoms with Gasteiger partial charge in [0.25, 0.3) is 10.0 Å². The fraction of sp³-hybridized carbons (Fsp3) is 0.257. The van der Waals surface area contributed by atoms with Crippen LogP contribution in [0.25, 0.3) is 0 Å². The van der Waals surface area contributed by atoms with E-state index in [-0.39, 0.29) is 23.8 Å². The predicted octanol–water partition coefficient (Wildman–Crippen LogP) is 6.40. The Balaban J connectivity index is 1.82. The zero-order valence-electron chi connectivity index (χ0n) is 25.4. The smallest absolute Gasteiger partial charge is 0.264 e. The van der Waals surface area contributed by atoms with E-state index in [2.05, 4.69) is 5.32 Å². The van der Waals surface area contributed by atoms with Crippen molar-refractivity contribution in [3.05, 3.63) is 131 Å². The zero-order valence-corrected chi connectivity index (χ0v) is 27.0. The molecule has 0 fully saturated rings. The molecule has 0 aliphatic rings. The number of amides is 2. The molecule has 0 heterocycles. The number of rotatable bonds is 11. The lowest BCUT2D eigenvalue weighted by Crippen LogP contribution is -2.56. The summed E-state index contributed by atoms with van der Waals surface area (Å²) < 4.78 is 29.2. The Morgan fingerprint density at radius 2 is 1.39 bits per heavy atom. The highest BCUT2D eigenvalue weighted by Crippen LogP contribution is 2.26. The van der Waals surface area contributed by atoms with Crippen molar-refractivity contribution in [1.29, 1.82) is 0 Å². The third-order valence-electron chi connectivity index (χ3n) is 7.00. The molecule has 0 spiro atoms. The van der Waals surface area contributed by atoms with Crippen molar-refractivity contribution in [2.45, 2.75) is 57.1 Å². The van der Waals surface area contributed by atoms with Crippen LogP contribution in [-0.4, -0.2) is 43.3 Å². The maximum absolute atomic E-state index is 14.5. The molecule has 0 saturated heterocycles. The maximum atomic E-state index is 14.5. The molecule has 9 heteroatoms. The minimum absolute atomic E-state index is 0.000687. The summed E-state index contributed by atoms with van der Waals surface area (Å²) in [5.74, 6) is -0.899. The molecule has 0 radical (unpaired) electrons. The number of carbonyl (C=O) groups excluding carboxylic acids is 2. The van der Waals surface area contributed by atoms with Crippen LogP contribution in [0.2, 0.25) is 5.02 Å². The van der Waals surface area contributed by atoms with Gasteiger partial charge in [0.15, 0.2) is 0 Å². The van der Waals surface area contributed by atoms with E-state index < -0.39 is 34.1 Å². The van der Waals surface area contributed by atoms with Crippen LogP contribution in [0.5, 0.6) is 0 Å². The lowest BCUT2D eigenvalue weighted by Gasteiger charge is -2.35. The average molecular weight is 632 g/mol. The summed E-state index contributed by atoms with van der Waals surface area (Å²) in [5.41, 5.74) is 2.20. The second-order valence-electron chi connectivity index (χ2n) is 11.7. The van der Waals surface area contributed by atoms with Gasteiger partial charge >= 0.3 is 0 Å². The highest BCUT2D eigenvalue weighted by atomic mass is 35.5. The van der Waals surface area contributed by atoms with Crippen molar-refractivity contribution in [2.24, 2.45) is 0 Å². The monoisotopic (exact) mass is 631 g/mol. The van der Waals surface area contributed by atoms with Gasteiger partial charge in [-0.2, -0.15) is 0 Å². The molecule has 0 aromatic heterocycles. The predicted molar refractivity (Wildman–Crippen MR) is 176 cm³/mol. The van der Waals surface area contributed by atoms with E-state index in [1.54, 1.807) is 60.7 Å². The molecule has 4 rings (SSSR count). The van der Waals surface area contributed by atoms with Crippen LogP contribution in [0.3, 0.4) is 0 Å². The third kappa shape index (κ3) is 8.49. The molecule has 0 aliphatic heterocycles. The molecular weight excluding hydrogens is 594 g/mol. The van der Waals surface area contributed by atoms with Crippen LogP contribution in [-0.2, 0) is 32.6 Å². The van der Waals surface area contributed by atoms with Gasteiger partial charge in [0.2, 0.25) is 11.8 Å². The van der Waals surface area contributed by atoms with E-state index in [9.17, 15) is 18.0 Å². The highest BCUT2D eigenvalue weighted by Gasteiger charge is 2.35. The second-order valence-corrected chi connectivity index (χ2v) is 14.0. The number of hydrogen-bond acceptors (Lipinski definition) is 4. The van der Waals surface area contributed by atoms with Gasteiger partial charge in [-0.1, -0.05) is 96.0 Å². The van der Waals surface area contributed by atoms with Crippen molar-refractivity contribution in [1.82, 2.24) is 10.2 Å². The molecule has 44 heavy (non-hydrogen) atoms. The zero-order chi connectivity index (χ0) is 31.9. The summed E-state index contributed by atoms with van der Waals surface area (Å²) in [6.45, 7) is 6.99. The van der Waals surface area contributed by atoms with E-state index in [1.807, 2.05) is 64.1 Å². The molecule has 0 bridgehead atoms. The third-order valence-corrected chi connectivity index (χ3v) is 9.16. The lowest BCUT2D eigenvalue weighted by molar-refractivity contribution is -0.140. The largest absolute Gasteiger partial charge is 0.350 e. The Hall–Kier alpha value is -4.14. The van der Waals surface area contributed by atoms with Crippen molar-refractivity contribution in [2.75, 3.05) is 10.8 Å². The highest BCUT2D eigenvalue weighted by molar-refractivity contribution is 7.92. The quantitative estimate of drug-likeness (QED) is 0.208. The van der Waals surface area contributed by atoms with E-state index >= 15 is 0 Å². The Bertz CT molecular complexity index is 1670. The number of nitrogens with one attached hydrogen (secondary N) is 1. The first-order valence-electron chi connectivity index (χ1n) is 14.4. The summed E-state index contributed by atoms with van der Waals surface area (Å²) in [4.78, 5) is 29.9. The summed E-state index contributed by atoms with van der Waals surface area (Å²) in [7, 11) is -4.15. The number of benzene rings is 4. The van der Waals surface area contributed by atoms with Gasteiger partial charge in [-0.05, 0) is 69.2 Å². The Kier molecular flexibility index (Phi) is 10.5. The SMILES string of the molecule is Cc1ccc(N(CC(=O)N(Cc2ccccc2Cl)[C@H](Cc2ccccc2)C(=O)NC(C)(C)C)S(=O)(=O)c2ccccc2)cc1. The van der Waals surface area contributed by atoms with E-state index in [1.165, 1.54) is 17.0 Å². The van der Waals surface area contributed by atoms with Gasteiger partial charge in [0.05, 0.1) is 10.6 Å². The molecule has 4 aromatic carbocycles. The van der Waals surface area contributed by atoms with Gasteiger partial charge in [-0.15, -0.1) is 0 Å². The lowest BCUT2D eigenvalue weighted by atomic mass is 10.0. The fourth-order valence-corrected chi connectivity index (χ4v) is 6.41. The molecule has 1 N–H and O–H groups in total. The fourth-order valence-electron chi connectivity index (χ4n) is 4.78. The summed E-state index contributed by atoms with van der Waals surface area (Å²) in [5, 5.41) is 3.46. The first kappa shape index (κ1) is 32.8. The van der Waals surface area contributed by atoms with Crippen LogP contribution in [0, 0.1) is 6.92 Å². The van der Waals surface area contributed by atoms with Crippen LogP contribution < -0.4 is 9.62 Å². The summed E-state index contributed by atoms with van der Waals surface area (Å²) in [6.07, 6.45) is 0.217. The van der Waals surface area contributed by atoms with E-state index in [4.69, 9.17) is 11.6 Å². The Morgan fingerprint density at radius 1 is 0.818 bits per heavy atom. The number of nitrogens with zero attached hydrogens (tertiary/aromatic N) is 2. The first-order valence-corrected chi connectivity index (χ1v) is 16.2. The van der Waals surface area contributed by atoms with Gasteiger partial charge < -0.3 is 10.2 Å². The standard InChI is InChI=1S/C35H38ClN3O4S/c1-26-19-21-29(22-20-26)39(44(42,43)30-16-9-6-10-17-30)25-33(40)38(24-28-15-11-12-18-31(28)36)32(34(41)37-35(2,3)4)23-27-13-7-5-8-14-27/h5-22,32H,23-25H2,1-4H3,(H,37,41)/t32-/m1/s1. The van der Waals surface area contributed by atoms with Gasteiger partial charge in [-0.3, -0.25) is 13.9 Å².